The number of benzene rings is 1. The quantitative estimate of drug-likeness (QED) is 0.687. The van der Waals surface area contributed by atoms with E-state index in [1.165, 1.54) is 5.56 Å². The van der Waals surface area contributed by atoms with Gasteiger partial charge in [0, 0.05) is 25.7 Å². The van der Waals surface area contributed by atoms with Crippen LogP contribution in [0.3, 0.4) is 0 Å². The van der Waals surface area contributed by atoms with Crippen molar-refractivity contribution in [1.82, 2.24) is 25.2 Å². The molecular formula is C20H25N5O. The lowest BCUT2D eigenvalue weighted by molar-refractivity contribution is 0.239. The Morgan fingerprint density at radius 3 is 2.69 bits per heavy atom. The van der Waals surface area contributed by atoms with Crippen molar-refractivity contribution >= 4 is 17.2 Å². The van der Waals surface area contributed by atoms with Gasteiger partial charge in [0.1, 0.15) is 11.3 Å². The van der Waals surface area contributed by atoms with Crippen LogP contribution >= 0.6 is 0 Å². The van der Waals surface area contributed by atoms with E-state index in [4.69, 9.17) is 4.98 Å². The van der Waals surface area contributed by atoms with E-state index in [0.717, 1.165) is 17.0 Å². The summed E-state index contributed by atoms with van der Waals surface area (Å²) in [4.78, 5) is 21.0. The molecule has 0 bridgehead atoms. The second-order valence-electron chi connectivity index (χ2n) is 6.73. The number of amides is 2. The highest BCUT2D eigenvalue weighted by molar-refractivity contribution is 5.74. The van der Waals surface area contributed by atoms with Crippen LogP contribution in [0, 0.1) is 5.92 Å². The molecule has 0 fully saturated rings. The Morgan fingerprint density at radius 1 is 1.12 bits per heavy atom. The van der Waals surface area contributed by atoms with E-state index in [-0.39, 0.29) is 6.03 Å². The molecule has 0 aliphatic heterocycles. The van der Waals surface area contributed by atoms with Crippen LogP contribution in [-0.2, 0) is 13.0 Å². The van der Waals surface area contributed by atoms with Crippen LogP contribution in [0.1, 0.15) is 25.2 Å². The number of hydrogen-bond acceptors (Lipinski definition) is 3. The Labute approximate surface area is 153 Å². The molecule has 0 saturated heterocycles. The molecule has 6 heteroatoms. The predicted molar refractivity (Wildman–Crippen MR) is 103 cm³/mol. The lowest BCUT2D eigenvalue weighted by Gasteiger charge is -2.11. The van der Waals surface area contributed by atoms with Gasteiger partial charge in [-0.05, 0) is 23.6 Å². The molecule has 2 heterocycles. The van der Waals surface area contributed by atoms with E-state index >= 15 is 0 Å². The monoisotopic (exact) mass is 351 g/mol. The van der Waals surface area contributed by atoms with E-state index < -0.39 is 0 Å². The van der Waals surface area contributed by atoms with Gasteiger partial charge in [-0.25, -0.2) is 14.8 Å². The van der Waals surface area contributed by atoms with Crippen molar-refractivity contribution in [2.24, 2.45) is 5.92 Å². The van der Waals surface area contributed by atoms with Gasteiger partial charge >= 0.3 is 6.03 Å². The summed E-state index contributed by atoms with van der Waals surface area (Å²) in [6.07, 6.45) is 2.44. The molecule has 2 aromatic heterocycles. The lowest BCUT2D eigenvalue weighted by atomic mass is 10.2. The van der Waals surface area contributed by atoms with E-state index in [1.54, 1.807) is 6.20 Å². The second kappa shape index (κ2) is 8.47. The molecule has 26 heavy (non-hydrogen) atoms. The van der Waals surface area contributed by atoms with Gasteiger partial charge in [-0.2, -0.15) is 0 Å². The van der Waals surface area contributed by atoms with E-state index in [0.29, 0.717) is 32.0 Å². The maximum absolute atomic E-state index is 11.8. The molecular weight excluding hydrogens is 326 g/mol. The highest BCUT2D eigenvalue weighted by Crippen LogP contribution is 2.16. The molecule has 0 aliphatic rings. The minimum absolute atomic E-state index is 0.137. The Balaban J connectivity index is 1.71. The summed E-state index contributed by atoms with van der Waals surface area (Å²) < 4.78 is 2.12. The fraction of sp³-hybridized carbons (Fsp3) is 0.350. The Morgan fingerprint density at radius 2 is 1.92 bits per heavy atom. The summed E-state index contributed by atoms with van der Waals surface area (Å²) in [5.74, 6) is 1.36. The molecule has 0 saturated carbocycles. The fourth-order valence-corrected chi connectivity index (χ4v) is 2.78. The van der Waals surface area contributed by atoms with Crippen LogP contribution < -0.4 is 10.6 Å². The molecule has 0 atom stereocenters. The van der Waals surface area contributed by atoms with Crippen molar-refractivity contribution in [1.29, 1.82) is 0 Å². The number of fused-ring (bicyclic) bond motifs is 1. The minimum Gasteiger partial charge on any atom is -0.338 e. The number of pyridine rings is 1. The number of carbonyl (C=O) groups is 1. The topological polar surface area (TPSA) is 71.8 Å². The summed E-state index contributed by atoms with van der Waals surface area (Å²) >= 11 is 0. The third kappa shape index (κ3) is 4.59. The zero-order chi connectivity index (χ0) is 18.4. The van der Waals surface area contributed by atoms with Crippen LogP contribution in [0.2, 0.25) is 0 Å². The van der Waals surface area contributed by atoms with Gasteiger partial charge in [0.2, 0.25) is 0 Å². The Bertz CT molecular complexity index is 857. The number of hydrogen-bond donors (Lipinski definition) is 2. The standard InChI is InChI=1S/C20H25N5O/c1-15(2)13-23-20(26)22-12-10-18-24-17-9-6-11-21-19(17)25(18)14-16-7-4-3-5-8-16/h3-9,11,15H,10,12-14H2,1-2H3,(H2,22,23,26). The van der Waals surface area contributed by atoms with Gasteiger partial charge in [-0.15, -0.1) is 0 Å². The van der Waals surface area contributed by atoms with Crippen molar-refractivity contribution in [2.45, 2.75) is 26.8 Å². The largest absolute Gasteiger partial charge is 0.338 e. The van der Waals surface area contributed by atoms with Crippen LogP contribution in [0.25, 0.3) is 11.2 Å². The van der Waals surface area contributed by atoms with Gasteiger partial charge < -0.3 is 15.2 Å². The molecule has 0 spiro atoms. The third-order valence-corrected chi connectivity index (χ3v) is 4.07. The van der Waals surface area contributed by atoms with E-state index in [1.807, 2.05) is 30.3 Å². The first-order valence-electron chi connectivity index (χ1n) is 8.99. The first-order chi connectivity index (χ1) is 12.6. The van der Waals surface area contributed by atoms with E-state index in [2.05, 4.69) is 46.2 Å². The molecule has 0 unspecified atom stereocenters. The zero-order valence-corrected chi connectivity index (χ0v) is 15.3. The van der Waals surface area contributed by atoms with Crippen molar-refractivity contribution in [3.8, 4) is 0 Å². The van der Waals surface area contributed by atoms with Crippen molar-refractivity contribution in [2.75, 3.05) is 13.1 Å². The van der Waals surface area contributed by atoms with Gasteiger partial charge in [0.15, 0.2) is 5.65 Å². The summed E-state index contributed by atoms with van der Waals surface area (Å²) in [7, 11) is 0. The van der Waals surface area contributed by atoms with E-state index in [9.17, 15) is 4.79 Å². The number of nitrogens with zero attached hydrogens (tertiary/aromatic N) is 3. The maximum Gasteiger partial charge on any atom is 0.314 e. The molecule has 2 N–H and O–H groups in total. The van der Waals surface area contributed by atoms with Crippen LogP contribution in [0.15, 0.2) is 48.7 Å². The van der Waals surface area contributed by atoms with Gasteiger partial charge in [0.25, 0.3) is 0 Å². The van der Waals surface area contributed by atoms with Crippen LogP contribution in [0.5, 0.6) is 0 Å². The van der Waals surface area contributed by atoms with Crippen molar-refractivity contribution in [3.05, 3.63) is 60.0 Å². The number of urea groups is 1. The van der Waals surface area contributed by atoms with Crippen LogP contribution in [0.4, 0.5) is 4.79 Å². The predicted octanol–water partition coefficient (Wildman–Crippen LogP) is 2.98. The first kappa shape index (κ1) is 17.9. The van der Waals surface area contributed by atoms with Gasteiger partial charge in [0.05, 0.1) is 6.54 Å². The van der Waals surface area contributed by atoms with Gasteiger partial charge in [-0.1, -0.05) is 44.2 Å². The molecule has 0 radical (unpaired) electrons. The van der Waals surface area contributed by atoms with Crippen molar-refractivity contribution < 1.29 is 4.79 Å². The number of carbonyl (C=O) groups excluding carboxylic acids is 1. The Hall–Kier alpha value is -2.89. The Kier molecular flexibility index (Phi) is 5.84. The summed E-state index contributed by atoms with van der Waals surface area (Å²) in [5.41, 5.74) is 2.94. The second-order valence-corrected chi connectivity index (χ2v) is 6.73. The third-order valence-electron chi connectivity index (χ3n) is 4.07. The summed E-state index contributed by atoms with van der Waals surface area (Å²) in [6.45, 7) is 6.05. The maximum atomic E-state index is 11.8. The average molecular weight is 351 g/mol. The normalized spacial score (nSPS) is 11.0. The number of nitrogens with one attached hydrogen (secondary N) is 2. The molecule has 136 valence electrons. The number of aromatic nitrogens is 3. The highest BCUT2D eigenvalue weighted by atomic mass is 16.2. The average Bonchev–Trinajstić information content (AvgIpc) is 2.98. The molecule has 3 rings (SSSR count). The van der Waals surface area contributed by atoms with Crippen molar-refractivity contribution in [3.63, 3.8) is 0 Å². The summed E-state index contributed by atoms with van der Waals surface area (Å²) in [5, 5.41) is 5.76. The van der Waals surface area contributed by atoms with Gasteiger partial charge in [-0.3, -0.25) is 0 Å². The lowest BCUT2D eigenvalue weighted by Crippen LogP contribution is -2.38. The SMILES string of the molecule is CC(C)CNC(=O)NCCc1nc2cccnc2n1Cc1ccccc1. The molecule has 1 aromatic carbocycles. The molecule has 6 nitrogen and oxygen atoms in total. The minimum atomic E-state index is -0.137. The highest BCUT2D eigenvalue weighted by Gasteiger charge is 2.12. The fourth-order valence-electron chi connectivity index (χ4n) is 2.78. The molecule has 0 aliphatic carbocycles. The summed E-state index contributed by atoms with van der Waals surface area (Å²) in [6, 6.07) is 14.0. The zero-order valence-electron chi connectivity index (χ0n) is 15.3. The number of imidazole rings is 1. The van der Waals surface area contributed by atoms with Crippen LogP contribution in [-0.4, -0.2) is 33.7 Å². The smallest absolute Gasteiger partial charge is 0.314 e. The number of rotatable bonds is 7. The molecule has 2 amide bonds. The molecule has 3 aromatic rings. The first-order valence-corrected chi connectivity index (χ1v) is 8.99.